The van der Waals surface area contributed by atoms with Gasteiger partial charge < -0.3 is 29.5 Å². The number of nitrogens with zero attached hydrogens (tertiary/aromatic N) is 2. The minimum atomic E-state index is -4.50. The van der Waals surface area contributed by atoms with Gasteiger partial charge in [0.05, 0.1) is 17.3 Å². The molecule has 0 aromatic carbocycles. The first-order valence-corrected chi connectivity index (χ1v) is 12.2. The topological polar surface area (TPSA) is 160 Å². The molecule has 0 radical (unpaired) electrons. The molecule has 2 rings (SSSR count). The number of hydrogen-bond donors (Lipinski definition) is 4. The molecule has 2 heterocycles. The van der Waals surface area contributed by atoms with E-state index >= 15 is 0 Å². The summed E-state index contributed by atoms with van der Waals surface area (Å²) in [5.41, 5.74) is -2.49. The van der Waals surface area contributed by atoms with Gasteiger partial charge in [-0.3, -0.25) is 18.5 Å². The second-order valence-electron chi connectivity index (χ2n) is 9.01. The first kappa shape index (κ1) is 26.9. The number of aliphatic hydroxyl groups excluding tert-OH is 2. The summed E-state index contributed by atoms with van der Waals surface area (Å²) < 4.78 is 26.4. The van der Waals surface area contributed by atoms with Crippen molar-refractivity contribution in [1.29, 1.82) is 0 Å². The summed E-state index contributed by atoms with van der Waals surface area (Å²) in [7, 11) is -1.75. The third-order valence-corrected chi connectivity index (χ3v) is 8.59. The second-order valence-corrected chi connectivity index (χ2v) is 11.3. The molecule has 0 saturated carbocycles. The Balaban J connectivity index is 2.46. The fourth-order valence-corrected chi connectivity index (χ4v) is 5.31. The number of aryl methyl sites for hydroxylation is 1. The lowest BCUT2D eigenvalue weighted by molar-refractivity contribution is -0.104. The number of aromatic nitrogens is 2. The highest BCUT2D eigenvalue weighted by Gasteiger charge is 2.54. The predicted octanol–water partition coefficient (Wildman–Crippen LogP) is 0.371. The van der Waals surface area contributed by atoms with Crippen LogP contribution in [0, 0.1) is 5.92 Å². The van der Waals surface area contributed by atoms with E-state index in [-0.39, 0.29) is 18.4 Å². The van der Waals surface area contributed by atoms with Gasteiger partial charge in [0.15, 0.2) is 5.34 Å². The lowest BCUT2D eigenvalue weighted by Crippen LogP contribution is -2.48. The van der Waals surface area contributed by atoms with Crippen molar-refractivity contribution in [1.82, 2.24) is 9.13 Å². The number of ether oxygens (including phenoxy) is 1. The first-order valence-electron chi connectivity index (χ1n) is 10.6. The highest BCUT2D eigenvalue weighted by atomic mass is 31.2. The van der Waals surface area contributed by atoms with Crippen LogP contribution in [-0.2, 0) is 27.9 Å². The Hall–Kier alpha value is -1.33. The maximum atomic E-state index is 12.7. The molecule has 0 spiro atoms. The van der Waals surface area contributed by atoms with Crippen LogP contribution in [0.5, 0.6) is 0 Å². The zero-order valence-corrected chi connectivity index (χ0v) is 20.4. The molecule has 1 aromatic heterocycles. The molecule has 1 aliphatic heterocycles. The van der Waals surface area contributed by atoms with E-state index in [1.807, 2.05) is 0 Å². The molecular formula is C20H35N2O9P. The Labute approximate surface area is 186 Å². The summed E-state index contributed by atoms with van der Waals surface area (Å²) in [5, 5.41) is 29.6. The summed E-state index contributed by atoms with van der Waals surface area (Å²) in [6, 6.07) is 0. The molecule has 1 fully saturated rings. The van der Waals surface area contributed by atoms with E-state index in [0.717, 1.165) is 4.57 Å². The molecular weight excluding hydrogens is 443 g/mol. The quantitative estimate of drug-likeness (QED) is 0.387. The molecule has 184 valence electrons. The average molecular weight is 478 g/mol. The van der Waals surface area contributed by atoms with Crippen molar-refractivity contribution in [3.63, 3.8) is 0 Å². The summed E-state index contributed by atoms with van der Waals surface area (Å²) in [4.78, 5) is 35.0. The van der Waals surface area contributed by atoms with Crippen molar-refractivity contribution < 1.29 is 34.0 Å². The minimum Gasteiger partial charge on any atom is -0.388 e. The van der Waals surface area contributed by atoms with Gasteiger partial charge in [0, 0.05) is 26.2 Å². The van der Waals surface area contributed by atoms with Gasteiger partial charge in [-0.1, -0.05) is 20.8 Å². The number of aliphatic hydroxyl groups is 3. The van der Waals surface area contributed by atoms with Crippen LogP contribution >= 0.6 is 7.60 Å². The van der Waals surface area contributed by atoms with Gasteiger partial charge in [0.2, 0.25) is 0 Å². The van der Waals surface area contributed by atoms with Crippen molar-refractivity contribution in [3.05, 3.63) is 32.6 Å². The normalized spacial score (nSPS) is 27.3. The lowest BCUT2D eigenvalue weighted by Gasteiger charge is -2.43. The highest BCUT2D eigenvalue weighted by Crippen LogP contribution is 2.59. The zero-order chi connectivity index (χ0) is 24.8. The molecule has 1 saturated heterocycles. The molecule has 6 atom stereocenters. The minimum absolute atomic E-state index is 0.000290. The Morgan fingerprint density at radius 3 is 2.19 bits per heavy atom. The van der Waals surface area contributed by atoms with E-state index in [1.54, 1.807) is 20.8 Å². The third kappa shape index (κ3) is 4.52. The van der Waals surface area contributed by atoms with Crippen molar-refractivity contribution in [2.24, 2.45) is 20.0 Å². The maximum Gasteiger partial charge on any atom is 0.359 e. The number of hydrogen-bond acceptors (Lipinski definition) is 8. The van der Waals surface area contributed by atoms with E-state index in [0.29, 0.717) is 0 Å². The molecule has 0 bridgehead atoms. The predicted molar refractivity (Wildman–Crippen MR) is 116 cm³/mol. The monoisotopic (exact) mass is 478 g/mol. The van der Waals surface area contributed by atoms with Gasteiger partial charge in [0.25, 0.3) is 5.56 Å². The fraction of sp³-hybridized carbons (Fsp3) is 0.800. The SMILES string of the molecule is CCC(CC)(OP(=O)(O)C(C)(C)O)C(C)C1OC(c2cn(C)c(=O)n(C)c2=O)C(O)C1O. The summed E-state index contributed by atoms with van der Waals surface area (Å²) in [6.07, 6.45) is -3.42. The van der Waals surface area contributed by atoms with Crippen molar-refractivity contribution in [2.75, 3.05) is 0 Å². The first-order chi connectivity index (χ1) is 14.5. The van der Waals surface area contributed by atoms with Crippen LogP contribution in [0.4, 0.5) is 0 Å². The standard InChI is InChI=1S/C20H35N2O9P/c1-8-20(9-2,31-32(28,29)19(4,5)27)11(3)15-13(23)14(24)16(30-15)12-10-21(6)18(26)22(7)17(12)25/h10-11,13-16,23-24,27H,8-9H2,1-7H3,(H,28,29). The second kappa shape index (κ2) is 9.13. The summed E-state index contributed by atoms with van der Waals surface area (Å²) in [5.74, 6) is -0.716. The van der Waals surface area contributed by atoms with Gasteiger partial charge in [-0.15, -0.1) is 0 Å². The van der Waals surface area contributed by atoms with Crippen molar-refractivity contribution in [3.8, 4) is 0 Å². The van der Waals surface area contributed by atoms with Crippen LogP contribution in [0.25, 0.3) is 0 Å². The van der Waals surface area contributed by atoms with Gasteiger partial charge in [-0.2, -0.15) is 0 Å². The van der Waals surface area contributed by atoms with Gasteiger partial charge in [-0.25, -0.2) is 4.79 Å². The van der Waals surface area contributed by atoms with Crippen LogP contribution in [0.3, 0.4) is 0 Å². The molecule has 0 aliphatic carbocycles. The Bertz CT molecular complexity index is 992. The van der Waals surface area contributed by atoms with Crippen LogP contribution in [0.2, 0.25) is 0 Å². The molecule has 32 heavy (non-hydrogen) atoms. The smallest absolute Gasteiger partial charge is 0.359 e. The zero-order valence-electron chi connectivity index (χ0n) is 19.6. The number of rotatable bonds is 8. The maximum absolute atomic E-state index is 12.7. The Morgan fingerprint density at radius 1 is 1.19 bits per heavy atom. The Morgan fingerprint density at radius 2 is 1.72 bits per heavy atom. The van der Waals surface area contributed by atoms with Crippen LogP contribution in [0.1, 0.15) is 59.1 Å². The van der Waals surface area contributed by atoms with Gasteiger partial charge >= 0.3 is 13.3 Å². The Kier molecular flexibility index (Phi) is 7.68. The van der Waals surface area contributed by atoms with Crippen molar-refractivity contribution >= 4 is 7.60 Å². The molecule has 1 aliphatic rings. The van der Waals surface area contributed by atoms with Crippen LogP contribution in [-0.4, -0.2) is 58.6 Å². The molecule has 12 heteroatoms. The van der Waals surface area contributed by atoms with Gasteiger partial charge in [-0.05, 0) is 26.7 Å². The summed E-state index contributed by atoms with van der Waals surface area (Å²) >= 11 is 0. The molecule has 6 unspecified atom stereocenters. The van der Waals surface area contributed by atoms with Crippen molar-refractivity contribution in [2.45, 2.75) is 82.8 Å². The van der Waals surface area contributed by atoms with E-state index in [2.05, 4.69) is 0 Å². The molecule has 11 nitrogen and oxygen atoms in total. The van der Waals surface area contributed by atoms with E-state index in [9.17, 15) is 34.4 Å². The highest BCUT2D eigenvalue weighted by molar-refractivity contribution is 7.54. The van der Waals surface area contributed by atoms with Gasteiger partial charge in [0.1, 0.15) is 18.3 Å². The summed E-state index contributed by atoms with van der Waals surface area (Å²) in [6.45, 7) is 7.47. The van der Waals surface area contributed by atoms with E-state index in [1.165, 1.54) is 38.7 Å². The fourth-order valence-electron chi connectivity index (χ4n) is 4.17. The largest absolute Gasteiger partial charge is 0.388 e. The van der Waals surface area contributed by atoms with Crippen LogP contribution < -0.4 is 11.2 Å². The molecule has 4 N–H and O–H groups in total. The van der Waals surface area contributed by atoms with E-state index < -0.39 is 60.1 Å². The lowest BCUT2D eigenvalue weighted by atomic mass is 9.79. The van der Waals surface area contributed by atoms with E-state index in [4.69, 9.17) is 9.26 Å². The molecule has 1 aromatic rings. The molecule has 0 amide bonds. The third-order valence-electron chi connectivity index (χ3n) is 6.60. The average Bonchev–Trinajstić information content (AvgIpc) is 3.00. The van der Waals surface area contributed by atoms with Crippen LogP contribution in [0.15, 0.2) is 15.8 Å².